The lowest BCUT2D eigenvalue weighted by molar-refractivity contribution is -0.120. The second kappa shape index (κ2) is 8.29. The smallest absolute Gasteiger partial charge is 0.417 e. The van der Waals surface area contributed by atoms with Gasteiger partial charge in [-0.25, -0.2) is 0 Å². The number of carbonyl (C=O) groups is 1. The van der Waals surface area contributed by atoms with Gasteiger partial charge in [0.05, 0.1) is 5.57 Å². The Bertz CT molecular complexity index is 736. The van der Waals surface area contributed by atoms with Crippen LogP contribution in [0.3, 0.4) is 0 Å². The van der Waals surface area contributed by atoms with E-state index < -0.39 is 24.3 Å². The van der Waals surface area contributed by atoms with E-state index in [1.165, 1.54) is 6.07 Å². The number of hydrogen-bond acceptors (Lipinski definition) is 3. The van der Waals surface area contributed by atoms with Crippen molar-refractivity contribution < 1.29 is 27.8 Å². The normalized spacial score (nSPS) is 15.1. The van der Waals surface area contributed by atoms with E-state index in [9.17, 15) is 23.1 Å². The highest BCUT2D eigenvalue weighted by Gasteiger charge is 2.39. The summed E-state index contributed by atoms with van der Waals surface area (Å²) in [6.07, 6.45) is 3.06. The predicted molar refractivity (Wildman–Crippen MR) is 93.6 cm³/mol. The molecule has 142 valence electrons. The van der Waals surface area contributed by atoms with Gasteiger partial charge in [0.1, 0.15) is 0 Å². The number of halogens is 3. The number of carbonyl (C=O) groups excluding carboxylic acids is 1. The maximum absolute atomic E-state index is 13.4. The van der Waals surface area contributed by atoms with Gasteiger partial charge in [-0.05, 0) is 47.8 Å². The van der Waals surface area contributed by atoms with Crippen molar-refractivity contribution >= 4 is 17.1 Å². The molecule has 0 radical (unpaired) electrons. The number of allylic oxidation sites excluding steroid dienone is 4. The van der Waals surface area contributed by atoms with Gasteiger partial charge >= 0.3 is 6.18 Å². The van der Waals surface area contributed by atoms with E-state index in [4.69, 9.17) is 10.5 Å². The van der Waals surface area contributed by atoms with E-state index >= 15 is 0 Å². The lowest BCUT2D eigenvalue weighted by Gasteiger charge is -2.13. The van der Waals surface area contributed by atoms with Crippen molar-refractivity contribution in [2.24, 2.45) is 5.73 Å². The Labute approximate surface area is 150 Å². The van der Waals surface area contributed by atoms with Gasteiger partial charge in [-0.3, -0.25) is 4.79 Å². The maximum Gasteiger partial charge on any atom is 0.417 e. The number of alkyl halides is 3. The molecule has 0 aromatic heterocycles. The van der Waals surface area contributed by atoms with Gasteiger partial charge in [-0.15, -0.1) is 0 Å². The molecule has 1 aromatic carbocycles. The van der Waals surface area contributed by atoms with E-state index in [0.717, 1.165) is 37.8 Å². The van der Waals surface area contributed by atoms with Gasteiger partial charge in [0.15, 0.2) is 18.1 Å². The van der Waals surface area contributed by atoms with Crippen molar-refractivity contribution in [2.75, 3.05) is 6.61 Å². The molecule has 0 fully saturated rings. The summed E-state index contributed by atoms with van der Waals surface area (Å²) in [5.74, 6) is -1.33. The van der Waals surface area contributed by atoms with Crippen LogP contribution in [0.15, 0.2) is 24.3 Å². The van der Waals surface area contributed by atoms with Crippen LogP contribution in [0.2, 0.25) is 0 Å². The van der Waals surface area contributed by atoms with Crippen LogP contribution >= 0.6 is 0 Å². The van der Waals surface area contributed by atoms with Gasteiger partial charge in [0.2, 0.25) is 0 Å². The molecule has 4 nitrogen and oxygen atoms in total. The molecule has 1 aliphatic rings. The predicted octanol–water partition coefficient (Wildman–Crippen LogP) is 4.57. The Morgan fingerprint density at radius 3 is 2.58 bits per heavy atom. The summed E-state index contributed by atoms with van der Waals surface area (Å²) >= 11 is 0. The third-order valence-corrected chi connectivity index (χ3v) is 4.10. The quantitative estimate of drug-likeness (QED) is 0.660. The molecule has 1 amide bonds. The summed E-state index contributed by atoms with van der Waals surface area (Å²) in [4.78, 5) is 10.8. The Morgan fingerprint density at radius 1 is 1.23 bits per heavy atom. The summed E-state index contributed by atoms with van der Waals surface area (Å²) < 4.78 is 45.1. The molecule has 7 heteroatoms. The van der Waals surface area contributed by atoms with Gasteiger partial charge in [-0.1, -0.05) is 32.3 Å². The minimum atomic E-state index is -4.54. The summed E-state index contributed by atoms with van der Waals surface area (Å²) in [6.45, 7) is 1.56. The topological polar surface area (TPSA) is 72.5 Å². The van der Waals surface area contributed by atoms with E-state index in [-0.39, 0.29) is 17.1 Å². The second-order valence-corrected chi connectivity index (χ2v) is 6.19. The number of phenolic OH excluding ortho intramolecular Hbond substituents is 1. The molecule has 2 rings (SSSR count). The van der Waals surface area contributed by atoms with Crippen LogP contribution in [0.5, 0.6) is 11.5 Å². The van der Waals surface area contributed by atoms with E-state index in [1.54, 1.807) is 6.08 Å². The average molecular weight is 369 g/mol. The van der Waals surface area contributed by atoms with E-state index in [1.807, 2.05) is 0 Å². The lowest BCUT2D eigenvalue weighted by atomic mass is 10.0. The summed E-state index contributed by atoms with van der Waals surface area (Å²) in [6, 6.07) is 2.34. The highest BCUT2D eigenvalue weighted by atomic mass is 19.4. The average Bonchev–Trinajstić information content (AvgIpc) is 2.90. The minimum absolute atomic E-state index is 0.0745. The molecule has 1 aliphatic carbocycles. The highest BCUT2D eigenvalue weighted by Crippen LogP contribution is 2.47. The fraction of sp³-hybridized carbons (Fsp3) is 0.421. The number of amides is 1. The molecule has 3 N–H and O–H groups in total. The highest BCUT2D eigenvalue weighted by molar-refractivity contribution is 5.98. The van der Waals surface area contributed by atoms with Crippen LogP contribution in [-0.4, -0.2) is 23.8 Å². The van der Waals surface area contributed by atoms with Crippen LogP contribution in [0.4, 0.5) is 13.2 Å². The third-order valence-electron chi connectivity index (χ3n) is 4.10. The van der Waals surface area contributed by atoms with Crippen molar-refractivity contribution in [3.8, 4) is 11.5 Å². The van der Waals surface area contributed by atoms with Crippen LogP contribution in [-0.2, 0) is 4.79 Å². The Kier molecular flexibility index (Phi) is 6.34. The number of phenols is 1. The van der Waals surface area contributed by atoms with Gasteiger partial charge in [-0.2, -0.15) is 13.2 Å². The first kappa shape index (κ1) is 19.9. The number of primary amides is 1. The van der Waals surface area contributed by atoms with Crippen LogP contribution < -0.4 is 10.5 Å². The first-order valence-corrected chi connectivity index (χ1v) is 8.52. The van der Waals surface area contributed by atoms with Crippen LogP contribution in [0.25, 0.3) is 11.1 Å². The third kappa shape index (κ3) is 4.80. The second-order valence-electron chi connectivity index (χ2n) is 6.19. The number of ether oxygens (including phenoxy) is 1. The first-order valence-electron chi connectivity index (χ1n) is 8.52. The molecule has 0 heterocycles. The van der Waals surface area contributed by atoms with Gasteiger partial charge in [0, 0.05) is 0 Å². The van der Waals surface area contributed by atoms with Crippen LogP contribution in [0, 0.1) is 0 Å². The van der Waals surface area contributed by atoms with E-state index in [0.29, 0.717) is 17.6 Å². The number of nitrogens with two attached hydrogens (primary N) is 1. The number of hydrogen-bond donors (Lipinski definition) is 2. The van der Waals surface area contributed by atoms with Crippen molar-refractivity contribution in [3.63, 3.8) is 0 Å². The molecular weight excluding hydrogens is 347 g/mol. The molecule has 0 bridgehead atoms. The molecule has 0 saturated heterocycles. The lowest BCUT2D eigenvalue weighted by Crippen LogP contribution is -2.20. The van der Waals surface area contributed by atoms with Crippen LogP contribution in [0.1, 0.15) is 50.2 Å². The van der Waals surface area contributed by atoms with Crippen molar-refractivity contribution in [1.29, 1.82) is 0 Å². The van der Waals surface area contributed by atoms with Gasteiger partial charge in [0.25, 0.3) is 5.91 Å². The standard InChI is InChI=1S/C19H22F3NO3/c1-2-3-4-5-6-7-12-8-15(19(20,21)22)14-10-17(26-11-18(23)25)16(24)9-13(12)14/h7-10,24H,2-6,11H2,1H3,(H2,23,25)/b12-7+. The largest absolute Gasteiger partial charge is 0.504 e. The number of benzene rings is 1. The Hall–Kier alpha value is -2.44. The number of rotatable bonds is 8. The zero-order chi connectivity index (χ0) is 19.3. The Balaban J connectivity index is 2.33. The SMILES string of the molecule is CCCCCC/C=C1\C=C(C(F)(F)F)c2cc(OCC(N)=O)c(O)cc21. The Morgan fingerprint density at radius 2 is 1.96 bits per heavy atom. The summed E-state index contributed by atoms with van der Waals surface area (Å²) in [7, 11) is 0. The number of aromatic hydroxyl groups is 1. The zero-order valence-electron chi connectivity index (χ0n) is 14.5. The monoisotopic (exact) mass is 369 g/mol. The van der Waals surface area contributed by atoms with Gasteiger partial charge < -0.3 is 15.6 Å². The van der Waals surface area contributed by atoms with Crippen molar-refractivity contribution in [3.05, 3.63) is 35.4 Å². The summed E-state index contributed by atoms with van der Waals surface area (Å²) in [5, 5.41) is 10.0. The fourth-order valence-corrected chi connectivity index (χ4v) is 2.84. The molecule has 1 aromatic rings. The fourth-order valence-electron chi connectivity index (χ4n) is 2.84. The molecular formula is C19H22F3NO3. The molecule has 0 unspecified atom stereocenters. The molecule has 26 heavy (non-hydrogen) atoms. The number of unbranched alkanes of at least 4 members (excludes halogenated alkanes) is 4. The number of fused-ring (bicyclic) bond motifs is 1. The van der Waals surface area contributed by atoms with Crippen molar-refractivity contribution in [1.82, 2.24) is 0 Å². The summed E-state index contributed by atoms with van der Waals surface area (Å²) in [5.41, 5.74) is 4.83. The molecule has 0 saturated carbocycles. The minimum Gasteiger partial charge on any atom is -0.504 e. The maximum atomic E-state index is 13.4. The molecule has 0 aliphatic heterocycles. The zero-order valence-corrected chi connectivity index (χ0v) is 14.5. The molecule has 0 atom stereocenters. The first-order chi connectivity index (χ1) is 12.2. The van der Waals surface area contributed by atoms with E-state index in [2.05, 4.69) is 6.92 Å². The van der Waals surface area contributed by atoms with Crippen molar-refractivity contribution in [2.45, 2.75) is 45.2 Å². The molecule has 0 spiro atoms.